The van der Waals surface area contributed by atoms with E-state index in [1.807, 2.05) is 0 Å². The van der Waals surface area contributed by atoms with E-state index in [1.54, 1.807) is 6.07 Å². The van der Waals surface area contributed by atoms with E-state index >= 15 is 0 Å². The molecule has 0 bridgehead atoms. The third-order valence-electron chi connectivity index (χ3n) is 5.48. The number of benzene rings is 3. The first-order valence-corrected chi connectivity index (χ1v) is 9.88. The maximum Gasteiger partial charge on any atom is 0.166 e. The normalized spacial score (nSPS) is 19.8. The summed E-state index contributed by atoms with van der Waals surface area (Å²) in [5, 5.41) is 73.3. The summed E-state index contributed by atoms with van der Waals surface area (Å²) in [5.74, 6) is -1.48. The van der Waals surface area contributed by atoms with Crippen molar-refractivity contribution in [2.24, 2.45) is 0 Å². The Kier molecular flexibility index (Phi) is 5.37. The van der Waals surface area contributed by atoms with Crippen LogP contribution < -0.4 is 10.1 Å². The third kappa shape index (κ3) is 4.03. The summed E-state index contributed by atoms with van der Waals surface area (Å²) >= 11 is 0. The molecule has 2 unspecified atom stereocenters. The lowest BCUT2D eigenvalue weighted by molar-refractivity contribution is -0.101. The van der Waals surface area contributed by atoms with Gasteiger partial charge in [-0.1, -0.05) is 12.1 Å². The molecule has 168 valence electrons. The van der Waals surface area contributed by atoms with E-state index in [0.717, 1.165) is 6.07 Å². The van der Waals surface area contributed by atoms with Gasteiger partial charge >= 0.3 is 0 Å². The Balaban J connectivity index is 1.64. The van der Waals surface area contributed by atoms with E-state index in [4.69, 9.17) is 4.74 Å². The molecule has 0 saturated carbocycles. The van der Waals surface area contributed by atoms with E-state index in [2.05, 4.69) is 5.32 Å². The molecule has 9 nitrogen and oxygen atoms in total. The smallest absolute Gasteiger partial charge is 0.166 e. The summed E-state index contributed by atoms with van der Waals surface area (Å²) in [7, 11) is 0. The van der Waals surface area contributed by atoms with Gasteiger partial charge in [-0.25, -0.2) is 0 Å². The van der Waals surface area contributed by atoms with Crippen LogP contribution in [0.25, 0.3) is 0 Å². The van der Waals surface area contributed by atoms with Crippen LogP contribution in [0.15, 0.2) is 48.5 Å². The average Bonchev–Trinajstić information content (AvgIpc) is 2.73. The number of aliphatic hydroxyl groups is 1. The zero-order valence-electron chi connectivity index (χ0n) is 16.9. The van der Waals surface area contributed by atoms with E-state index in [0.29, 0.717) is 23.1 Å². The highest BCUT2D eigenvalue weighted by atomic mass is 16.5. The number of hydrogen-bond acceptors (Lipinski definition) is 9. The SMILES string of the molecule is Oc1cc(O)c2c(c1)OC(c1ccc(O)c(O)c1)C(O)(NCCc1ccc(O)c(O)c1)C2. The summed E-state index contributed by atoms with van der Waals surface area (Å²) in [4.78, 5) is 0. The van der Waals surface area contributed by atoms with Crippen LogP contribution in [-0.4, -0.2) is 48.0 Å². The molecule has 8 N–H and O–H groups in total. The second kappa shape index (κ2) is 8.03. The molecule has 0 aromatic heterocycles. The number of hydrogen-bond donors (Lipinski definition) is 8. The molecule has 0 aliphatic carbocycles. The Bertz CT molecular complexity index is 1160. The van der Waals surface area contributed by atoms with E-state index < -0.39 is 17.6 Å². The van der Waals surface area contributed by atoms with Gasteiger partial charge in [-0.05, 0) is 36.2 Å². The van der Waals surface area contributed by atoms with Crippen LogP contribution in [0.1, 0.15) is 22.8 Å². The molecule has 32 heavy (non-hydrogen) atoms. The second-order valence-corrected chi connectivity index (χ2v) is 7.79. The number of fused-ring (bicyclic) bond motifs is 1. The van der Waals surface area contributed by atoms with Gasteiger partial charge in [0.2, 0.25) is 0 Å². The molecule has 1 heterocycles. The van der Waals surface area contributed by atoms with Crippen molar-refractivity contribution in [1.82, 2.24) is 5.32 Å². The fourth-order valence-corrected chi connectivity index (χ4v) is 3.84. The Morgan fingerprint density at radius 1 is 0.812 bits per heavy atom. The van der Waals surface area contributed by atoms with Crippen molar-refractivity contribution in [1.29, 1.82) is 0 Å². The zero-order valence-corrected chi connectivity index (χ0v) is 16.9. The second-order valence-electron chi connectivity index (χ2n) is 7.79. The molecule has 1 aliphatic rings. The van der Waals surface area contributed by atoms with Crippen LogP contribution >= 0.6 is 0 Å². The molecule has 0 fully saturated rings. The predicted molar refractivity (Wildman–Crippen MR) is 113 cm³/mol. The molecule has 2 atom stereocenters. The third-order valence-corrected chi connectivity index (χ3v) is 5.48. The molecule has 4 rings (SSSR count). The highest BCUT2D eigenvalue weighted by Crippen LogP contribution is 2.46. The fraction of sp³-hybridized carbons (Fsp3) is 0.217. The summed E-state index contributed by atoms with van der Waals surface area (Å²) in [5.41, 5.74) is -0.380. The minimum absolute atomic E-state index is 0.0818. The molecule has 0 radical (unpaired) electrons. The minimum Gasteiger partial charge on any atom is -0.508 e. The van der Waals surface area contributed by atoms with Gasteiger partial charge in [0.1, 0.15) is 17.2 Å². The highest BCUT2D eigenvalue weighted by molar-refractivity contribution is 5.53. The van der Waals surface area contributed by atoms with Gasteiger partial charge in [-0.2, -0.15) is 0 Å². The molecular formula is C23H23NO8. The first-order chi connectivity index (χ1) is 15.2. The minimum atomic E-state index is -1.73. The Hall–Kier alpha value is -3.82. The van der Waals surface area contributed by atoms with Crippen LogP contribution in [0.5, 0.6) is 40.2 Å². The summed E-state index contributed by atoms with van der Waals surface area (Å²) in [6.07, 6.45) is -0.754. The van der Waals surface area contributed by atoms with Gasteiger partial charge in [0.25, 0.3) is 0 Å². The molecule has 0 saturated heterocycles. The van der Waals surface area contributed by atoms with Crippen LogP contribution in [0.4, 0.5) is 0 Å². The van der Waals surface area contributed by atoms with Gasteiger partial charge in [0.15, 0.2) is 34.8 Å². The lowest BCUT2D eigenvalue weighted by Gasteiger charge is -2.41. The van der Waals surface area contributed by atoms with Crippen molar-refractivity contribution in [2.75, 3.05) is 6.54 Å². The maximum absolute atomic E-state index is 11.5. The Morgan fingerprint density at radius 2 is 1.50 bits per heavy atom. The Labute approximate surface area is 183 Å². The van der Waals surface area contributed by atoms with Crippen LogP contribution in [0.2, 0.25) is 0 Å². The van der Waals surface area contributed by atoms with Crippen molar-refractivity contribution in [3.05, 3.63) is 65.2 Å². The van der Waals surface area contributed by atoms with Gasteiger partial charge in [0, 0.05) is 36.2 Å². The van der Waals surface area contributed by atoms with Crippen LogP contribution in [0.3, 0.4) is 0 Å². The van der Waals surface area contributed by atoms with Gasteiger partial charge in [-0.15, -0.1) is 0 Å². The van der Waals surface area contributed by atoms with Gasteiger partial charge in [-0.3, -0.25) is 5.32 Å². The molecule has 0 amide bonds. The van der Waals surface area contributed by atoms with Crippen molar-refractivity contribution < 1.29 is 40.5 Å². The lowest BCUT2D eigenvalue weighted by Crippen LogP contribution is -2.56. The quantitative estimate of drug-likeness (QED) is 0.219. The predicted octanol–water partition coefficient (Wildman–Crippen LogP) is 2.12. The number of phenols is 6. The van der Waals surface area contributed by atoms with Gasteiger partial charge < -0.3 is 40.5 Å². The topological polar surface area (TPSA) is 163 Å². The first kappa shape index (κ1) is 21.4. The zero-order chi connectivity index (χ0) is 23.0. The largest absolute Gasteiger partial charge is 0.508 e. The number of nitrogens with one attached hydrogen (secondary N) is 1. The lowest BCUT2D eigenvalue weighted by atomic mass is 9.88. The first-order valence-electron chi connectivity index (χ1n) is 9.88. The summed E-state index contributed by atoms with van der Waals surface area (Å²) in [6.45, 7) is 0.235. The van der Waals surface area contributed by atoms with E-state index in [-0.39, 0.29) is 47.5 Å². The molecular weight excluding hydrogens is 418 g/mol. The highest BCUT2D eigenvalue weighted by Gasteiger charge is 2.45. The van der Waals surface area contributed by atoms with E-state index in [9.17, 15) is 35.7 Å². The molecule has 1 aliphatic heterocycles. The number of ether oxygens (including phenoxy) is 1. The summed E-state index contributed by atoms with van der Waals surface area (Å²) < 4.78 is 5.93. The maximum atomic E-state index is 11.5. The standard InChI is InChI=1S/C23H23NO8/c25-14-9-18(28)15-11-23(31,24-6-5-12-1-3-16(26)19(29)7-12)22(32-21(15)10-14)13-2-4-17(27)20(30)8-13/h1-4,7-10,22,24-31H,5-6,11H2. The van der Waals surface area contributed by atoms with Crippen LogP contribution in [-0.2, 0) is 12.8 Å². The fourth-order valence-electron chi connectivity index (χ4n) is 3.84. The Morgan fingerprint density at radius 3 is 2.19 bits per heavy atom. The average molecular weight is 441 g/mol. The van der Waals surface area contributed by atoms with Crippen molar-refractivity contribution in [2.45, 2.75) is 24.7 Å². The van der Waals surface area contributed by atoms with Gasteiger partial charge in [0.05, 0.1) is 0 Å². The number of phenolic OH excluding ortho intramolecular Hbond substituents is 6. The number of rotatable bonds is 5. The molecule has 0 spiro atoms. The number of aromatic hydroxyl groups is 6. The van der Waals surface area contributed by atoms with E-state index in [1.165, 1.54) is 36.4 Å². The molecule has 9 heteroatoms. The van der Waals surface area contributed by atoms with Crippen molar-refractivity contribution in [3.8, 4) is 40.2 Å². The van der Waals surface area contributed by atoms with Crippen molar-refractivity contribution in [3.63, 3.8) is 0 Å². The molecule has 3 aromatic rings. The monoisotopic (exact) mass is 441 g/mol. The molecule has 3 aromatic carbocycles. The van der Waals surface area contributed by atoms with Crippen LogP contribution in [0, 0.1) is 0 Å². The van der Waals surface area contributed by atoms with Crippen molar-refractivity contribution >= 4 is 0 Å². The summed E-state index contributed by atoms with van der Waals surface area (Å²) in [6, 6.07) is 10.9.